The summed E-state index contributed by atoms with van der Waals surface area (Å²) in [5.41, 5.74) is 1.53. The van der Waals surface area contributed by atoms with Gasteiger partial charge in [0, 0.05) is 16.3 Å². The van der Waals surface area contributed by atoms with Crippen LogP contribution in [0, 0.1) is 0 Å². The number of nitrogens with zero attached hydrogens (tertiary/aromatic N) is 1. The molecule has 1 amide bonds. The van der Waals surface area contributed by atoms with Gasteiger partial charge in [-0.25, -0.2) is 4.98 Å². The number of halogens is 1. The Morgan fingerprint density at radius 1 is 1.25 bits per heavy atom. The largest absolute Gasteiger partial charge is 0.494 e. The van der Waals surface area contributed by atoms with Crippen LogP contribution in [0.2, 0.25) is 5.02 Å². The fourth-order valence-corrected chi connectivity index (χ4v) is 2.42. The van der Waals surface area contributed by atoms with Gasteiger partial charge in [-0.1, -0.05) is 23.7 Å². The van der Waals surface area contributed by atoms with Gasteiger partial charge in [0.1, 0.15) is 5.75 Å². The molecule has 122 valence electrons. The van der Waals surface area contributed by atoms with Crippen LogP contribution in [-0.4, -0.2) is 17.5 Å². The maximum Gasteiger partial charge on any atom is 0.278 e. The van der Waals surface area contributed by atoms with Crippen molar-refractivity contribution in [2.75, 3.05) is 11.9 Å². The van der Waals surface area contributed by atoms with Crippen LogP contribution >= 0.6 is 11.6 Å². The molecular formula is C18H15ClN2O3. The van der Waals surface area contributed by atoms with Crippen LogP contribution < -0.4 is 10.1 Å². The molecule has 0 aliphatic carbocycles. The van der Waals surface area contributed by atoms with Gasteiger partial charge >= 0.3 is 0 Å². The van der Waals surface area contributed by atoms with Gasteiger partial charge in [-0.2, -0.15) is 0 Å². The smallest absolute Gasteiger partial charge is 0.278 e. The van der Waals surface area contributed by atoms with Crippen molar-refractivity contribution in [2.24, 2.45) is 0 Å². The summed E-state index contributed by atoms with van der Waals surface area (Å²) < 4.78 is 10.7. The zero-order chi connectivity index (χ0) is 16.9. The van der Waals surface area contributed by atoms with Gasteiger partial charge in [0.15, 0.2) is 17.8 Å². The van der Waals surface area contributed by atoms with Gasteiger partial charge in [-0.15, -0.1) is 0 Å². The Hall–Kier alpha value is -2.79. The summed E-state index contributed by atoms with van der Waals surface area (Å²) in [5.74, 6) is 0.764. The number of aromatic nitrogens is 1. The van der Waals surface area contributed by atoms with Crippen LogP contribution in [0.4, 0.5) is 5.69 Å². The van der Waals surface area contributed by atoms with Gasteiger partial charge in [0.2, 0.25) is 0 Å². The zero-order valence-corrected chi connectivity index (χ0v) is 13.7. The highest BCUT2D eigenvalue weighted by Crippen LogP contribution is 2.26. The minimum Gasteiger partial charge on any atom is -0.494 e. The Morgan fingerprint density at radius 2 is 2.04 bits per heavy atom. The third-order valence-corrected chi connectivity index (χ3v) is 3.53. The topological polar surface area (TPSA) is 64.4 Å². The average Bonchev–Trinajstić information content (AvgIpc) is 3.07. The molecule has 0 atom stereocenters. The molecule has 0 saturated heterocycles. The maximum atomic E-state index is 12.5. The van der Waals surface area contributed by atoms with Crippen LogP contribution in [0.25, 0.3) is 11.3 Å². The van der Waals surface area contributed by atoms with E-state index in [1.165, 1.54) is 6.39 Å². The molecule has 3 aromatic rings. The molecule has 0 unspecified atom stereocenters. The van der Waals surface area contributed by atoms with E-state index in [0.29, 0.717) is 28.6 Å². The monoisotopic (exact) mass is 342 g/mol. The maximum absolute atomic E-state index is 12.5. The van der Waals surface area contributed by atoms with E-state index in [0.717, 1.165) is 5.75 Å². The first-order chi connectivity index (χ1) is 11.7. The minimum absolute atomic E-state index is 0.200. The molecule has 0 bridgehead atoms. The number of ether oxygens (including phenoxy) is 1. The Balaban J connectivity index is 1.80. The van der Waals surface area contributed by atoms with E-state index >= 15 is 0 Å². The first-order valence-corrected chi connectivity index (χ1v) is 7.79. The SMILES string of the molecule is CCOc1ccc(NC(=O)c2ncoc2-c2cccc(Cl)c2)cc1. The third-order valence-electron chi connectivity index (χ3n) is 3.29. The van der Waals surface area contributed by atoms with Crippen molar-refractivity contribution in [2.45, 2.75) is 6.92 Å². The minimum atomic E-state index is -0.358. The molecule has 0 aliphatic heterocycles. The lowest BCUT2D eigenvalue weighted by atomic mass is 10.1. The second kappa shape index (κ2) is 7.19. The van der Waals surface area contributed by atoms with Crippen LogP contribution in [0.15, 0.2) is 59.3 Å². The number of benzene rings is 2. The quantitative estimate of drug-likeness (QED) is 0.733. The summed E-state index contributed by atoms with van der Waals surface area (Å²) >= 11 is 5.99. The van der Waals surface area contributed by atoms with Crippen molar-refractivity contribution in [3.8, 4) is 17.1 Å². The predicted octanol–water partition coefficient (Wildman–Crippen LogP) is 4.65. The molecule has 6 heteroatoms. The van der Waals surface area contributed by atoms with Gasteiger partial charge in [-0.3, -0.25) is 4.79 Å². The van der Waals surface area contributed by atoms with E-state index in [4.69, 9.17) is 20.8 Å². The molecule has 1 N–H and O–H groups in total. The molecule has 0 fully saturated rings. The highest BCUT2D eigenvalue weighted by Gasteiger charge is 2.18. The second-order valence-corrected chi connectivity index (χ2v) is 5.39. The molecule has 1 heterocycles. The third kappa shape index (κ3) is 3.58. The molecule has 0 radical (unpaired) electrons. The number of anilines is 1. The van der Waals surface area contributed by atoms with Crippen molar-refractivity contribution in [3.05, 3.63) is 65.6 Å². The second-order valence-electron chi connectivity index (χ2n) is 4.95. The van der Waals surface area contributed by atoms with Crippen LogP contribution in [0.5, 0.6) is 5.75 Å². The van der Waals surface area contributed by atoms with Gasteiger partial charge in [-0.05, 0) is 43.3 Å². The normalized spacial score (nSPS) is 10.4. The fourth-order valence-electron chi connectivity index (χ4n) is 2.23. The molecule has 24 heavy (non-hydrogen) atoms. The van der Waals surface area contributed by atoms with Crippen molar-refractivity contribution in [3.63, 3.8) is 0 Å². The lowest BCUT2D eigenvalue weighted by Crippen LogP contribution is -2.13. The Bertz CT molecular complexity index is 843. The lowest BCUT2D eigenvalue weighted by Gasteiger charge is -2.07. The van der Waals surface area contributed by atoms with Crippen LogP contribution in [-0.2, 0) is 0 Å². The van der Waals surface area contributed by atoms with E-state index in [2.05, 4.69) is 10.3 Å². The number of amides is 1. The molecule has 2 aromatic carbocycles. The summed E-state index contributed by atoms with van der Waals surface area (Å²) in [6.07, 6.45) is 1.24. The molecule has 3 rings (SSSR count). The Morgan fingerprint density at radius 3 is 2.75 bits per heavy atom. The van der Waals surface area contributed by atoms with E-state index in [9.17, 15) is 4.79 Å². The standard InChI is InChI=1S/C18H15ClN2O3/c1-2-23-15-8-6-14(7-9-15)21-18(22)16-17(24-11-20-16)12-4-3-5-13(19)10-12/h3-11H,2H2,1H3,(H,21,22). The van der Waals surface area contributed by atoms with Gasteiger partial charge in [0.05, 0.1) is 6.61 Å². The number of hydrogen-bond donors (Lipinski definition) is 1. The molecule has 1 aromatic heterocycles. The number of nitrogens with one attached hydrogen (secondary N) is 1. The number of carbonyl (C=O) groups excluding carboxylic acids is 1. The fraction of sp³-hybridized carbons (Fsp3) is 0.111. The lowest BCUT2D eigenvalue weighted by molar-refractivity contribution is 0.102. The van der Waals surface area contributed by atoms with E-state index in [-0.39, 0.29) is 11.6 Å². The Kier molecular flexibility index (Phi) is 4.82. The average molecular weight is 343 g/mol. The van der Waals surface area contributed by atoms with Crippen molar-refractivity contribution in [1.29, 1.82) is 0 Å². The summed E-state index contributed by atoms with van der Waals surface area (Å²) in [6.45, 7) is 2.51. The highest BCUT2D eigenvalue weighted by atomic mass is 35.5. The summed E-state index contributed by atoms with van der Waals surface area (Å²) in [7, 11) is 0. The van der Waals surface area contributed by atoms with Crippen LogP contribution in [0.1, 0.15) is 17.4 Å². The molecule has 0 aliphatic rings. The van der Waals surface area contributed by atoms with Crippen molar-refractivity contribution < 1.29 is 13.9 Å². The molecule has 0 saturated carbocycles. The van der Waals surface area contributed by atoms with E-state index in [1.807, 2.05) is 6.92 Å². The molecule has 0 spiro atoms. The highest BCUT2D eigenvalue weighted by molar-refractivity contribution is 6.30. The van der Waals surface area contributed by atoms with Crippen molar-refractivity contribution >= 4 is 23.2 Å². The predicted molar refractivity (Wildman–Crippen MR) is 92.5 cm³/mol. The van der Waals surface area contributed by atoms with Gasteiger partial charge < -0.3 is 14.5 Å². The number of rotatable bonds is 5. The number of hydrogen-bond acceptors (Lipinski definition) is 4. The number of carbonyl (C=O) groups is 1. The zero-order valence-electron chi connectivity index (χ0n) is 13.0. The van der Waals surface area contributed by atoms with E-state index in [1.54, 1.807) is 48.5 Å². The first kappa shape index (κ1) is 16.1. The number of oxazole rings is 1. The van der Waals surface area contributed by atoms with Gasteiger partial charge in [0.25, 0.3) is 5.91 Å². The summed E-state index contributed by atoms with van der Waals surface area (Å²) in [5, 5.41) is 3.35. The Labute approximate surface area is 144 Å². The van der Waals surface area contributed by atoms with Crippen LogP contribution in [0.3, 0.4) is 0 Å². The molecule has 5 nitrogen and oxygen atoms in total. The molecular weight excluding hydrogens is 328 g/mol. The summed E-state index contributed by atoms with van der Waals surface area (Å²) in [6, 6.07) is 14.2. The van der Waals surface area contributed by atoms with E-state index < -0.39 is 0 Å². The van der Waals surface area contributed by atoms with Crippen molar-refractivity contribution in [1.82, 2.24) is 4.98 Å². The first-order valence-electron chi connectivity index (χ1n) is 7.41. The summed E-state index contributed by atoms with van der Waals surface area (Å²) in [4.78, 5) is 16.5.